The van der Waals surface area contributed by atoms with E-state index in [0.717, 1.165) is 6.07 Å². The number of halogens is 3. The fourth-order valence-corrected chi connectivity index (χ4v) is 1.83. The van der Waals surface area contributed by atoms with Crippen molar-refractivity contribution < 1.29 is 9.13 Å². The van der Waals surface area contributed by atoms with E-state index in [4.69, 9.17) is 21.6 Å². The van der Waals surface area contributed by atoms with Crippen LogP contribution in [0.5, 0.6) is 11.6 Å². The fraction of sp³-hybridized carbons (Fsp3) is 0. The summed E-state index contributed by atoms with van der Waals surface area (Å²) < 4.78 is 19.3. The second kappa shape index (κ2) is 5.34. The molecule has 0 fully saturated rings. The van der Waals surface area contributed by atoms with Gasteiger partial charge in [-0.25, -0.2) is 9.37 Å². The van der Waals surface area contributed by atoms with Crippen LogP contribution in [0, 0.1) is 17.1 Å². The van der Waals surface area contributed by atoms with Gasteiger partial charge >= 0.3 is 0 Å². The molecule has 3 nitrogen and oxygen atoms in total. The third-order valence-corrected chi connectivity index (χ3v) is 2.91. The average Bonchev–Trinajstić information content (AvgIpc) is 2.33. The van der Waals surface area contributed by atoms with Crippen molar-refractivity contribution in [2.24, 2.45) is 0 Å². The zero-order chi connectivity index (χ0) is 13.1. The number of hydrogen-bond donors (Lipinski definition) is 0. The van der Waals surface area contributed by atoms with Crippen LogP contribution >= 0.6 is 27.5 Å². The average molecular weight is 328 g/mol. The molecule has 1 aromatic heterocycles. The van der Waals surface area contributed by atoms with Crippen LogP contribution in [0.2, 0.25) is 5.02 Å². The minimum atomic E-state index is -0.650. The van der Waals surface area contributed by atoms with Crippen molar-refractivity contribution in [1.29, 1.82) is 5.26 Å². The monoisotopic (exact) mass is 326 g/mol. The van der Waals surface area contributed by atoms with Gasteiger partial charge in [-0.15, -0.1) is 0 Å². The maximum atomic E-state index is 13.4. The van der Waals surface area contributed by atoms with Crippen LogP contribution in [0.25, 0.3) is 0 Å². The van der Waals surface area contributed by atoms with Gasteiger partial charge in [0.1, 0.15) is 11.8 Å². The first-order chi connectivity index (χ1) is 8.60. The van der Waals surface area contributed by atoms with Crippen molar-refractivity contribution in [3.8, 4) is 17.7 Å². The number of rotatable bonds is 2. The minimum Gasteiger partial charge on any atom is -0.436 e. The van der Waals surface area contributed by atoms with Gasteiger partial charge in [0, 0.05) is 10.7 Å². The Morgan fingerprint density at radius 2 is 2.17 bits per heavy atom. The fourth-order valence-electron chi connectivity index (χ4n) is 1.24. The van der Waals surface area contributed by atoms with E-state index < -0.39 is 5.82 Å². The highest BCUT2D eigenvalue weighted by Crippen LogP contribution is 2.27. The molecule has 0 saturated carbocycles. The maximum absolute atomic E-state index is 13.4. The van der Waals surface area contributed by atoms with Crippen molar-refractivity contribution >= 4 is 27.5 Å². The quantitative estimate of drug-likeness (QED) is 0.826. The van der Waals surface area contributed by atoms with Gasteiger partial charge in [-0.05, 0) is 40.2 Å². The molecule has 1 heterocycles. The van der Waals surface area contributed by atoms with E-state index in [1.54, 1.807) is 18.2 Å². The van der Waals surface area contributed by atoms with Crippen LogP contribution in [-0.2, 0) is 0 Å². The molecule has 0 aliphatic rings. The first kappa shape index (κ1) is 12.8. The number of ether oxygens (including phenoxy) is 1. The molecule has 2 aromatic rings. The first-order valence-electron chi connectivity index (χ1n) is 4.78. The van der Waals surface area contributed by atoms with E-state index in [2.05, 4.69) is 20.9 Å². The van der Waals surface area contributed by atoms with E-state index in [0.29, 0.717) is 15.8 Å². The molecule has 18 heavy (non-hydrogen) atoms. The van der Waals surface area contributed by atoms with Crippen LogP contribution in [0.3, 0.4) is 0 Å². The van der Waals surface area contributed by atoms with Crippen LogP contribution < -0.4 is 4.74 Å². The molecule has 0 atom stereocenters. The molecule has 0 spiro atoms. The molecule has 2 rings (SSSR count). The number of benzene rings is 1. The van der Waals surface area contributed by atoms with Crippen LogP contribution in [-0.4, -0.2) is 4.98 Å². The lowest BCUT2D eigenvalue weighted by Crippen LogP contribution is -1.92. The van der Waals surface area contributed by atoms with Crippen LogP contribution in [0.15, 0.2) is 34.9 Å². The predicted octanol–water partition coefficient (Wildman–Crippen LogP) is 4.30. The number of aromatic nitrogens is 1. The number of hydrogen-bond acceptors (Lipinski definition) is 3. The van der Waals surface area contributed by atoms with Crippen molar-refractivity contribution in [2.75, 3.05) is 0 Å². The lowest BCUT2D eigenvalue weighted by molar-refractivity contribution is 0.422. The van der Waals surface area contributed by atoms with Crippen LogP contribution in [0.4, 0.5) is 4.39 Å². The zero-order valence-corrected chi connectivity index (χ0v) is 11.2. The second-order valence-electron chi connectivity index (χ2n) is 3.30. The summed E-state index contributed by atoms with van der Waals surface area (Å²) in [6.07, 6.45) is 1.29. The van der Waals surface area contributed by atoms with E-state index >= 15 is 0 Å². The van der Waals surface area contributed by atoms with Gasteiger partial charge in [0.05, 0.1) is 10.6 Å². The summed E-state index contributed by atoms with van der Waals surface area (Å²) in [5, 5.41) is 8.96. The number of nitrogens with zero attached hydrogens (tertiary/aromatic N) is 2. The molecule has 0 radical (unpaired) electrons. The lowest BCUT2D eigenvalue weighted by atomic mass is 10.2. The summed E-state index contributed by atoms with van der Waals surface area (Å²) in [7, 11) is 0. The highest BCUT2D eigenvalue weighted by atomic mass is 79.9. The van der Waals surface area contributed by atoms with Gasteiger partial charge in [0.25, 0.3) is 5.88 Å². The molecular weight excluding hydrogens is 322 g/mol. The summed E-state index contributed by atoms with van der Waals surface area (Å²) in [5.41, 5.74) is 0.465. The summed E-state index contributed by atoms with van der Waals surface area (Å²) in [5.74, 6) is -0.450. The third-order valence-electron chi connectivity index (χ3n) is 2.05. The third kappa shape index (κ3) is 2.78. The SMILES string of the molecule is N#Cc1ccc(Oc2ncc(Cl)cc2F)cc1Br. The van der Waals surface area contributed by atoms with Crippen molar-refractivity contribution in [3.63, 3.8) is 0 Å². The van der Waals surface area contributed by atoms with E-state index in [-0.39, 0.29) is 10.9 Å². The molecule has 0 aliphatic heterocycles. The van der Waals surface area contributed by atoms with Crippen molar-refractivity contribution in [2.45, 2.75) is 0 Å². The number of pyridine rings is 1. The van der Waals surface area contributed by atoms with Gasteiger partial charge in [0.15, 0.2) is 5.82 Å². The topological polar surface area (TPSA) is 45.9 Å². The molecule has 1 aromatic carbocycles. The molecule has 0 aliphatic carbocycles. The van der Waals surface area contributed by atoms with Gasteiger partial charge in [-0.3, -0.25) is 0 Å². The normalized spacial score (nSPS) is 9.89. The Bertz CT molecular complexity index is 642. The Hall–Kier alpha value is -1.64. The summed E-state index contributed by atoms with van der Waals surface area (Å²) >= 11 is 8.80. The Kier molecular flexibility index (Phi) is 3.80. The maximum Gasteiger partial charge on any atom is 0.255 e. The highest BCUT2D eigenvalue weighted by molar-refractivity contribution is 9.10. The summed E-state index contributed by atoms with van der Waals surface area (Å²) in [6, 6.07) is 7.79. The van der Waals surface area contributed by atoms with Gasteiger partial charge in [-0.2, -0.15) is 5.26 Å². The van der Waals surface area contributed by atoms with E-state index in [1.165, 1.54) is 6.20 Å². The molecular formula is C12H5BrClFN2O. The minimum absolute atomic E-state index is 0.170. The van der Waals surface area contributed by atoms with Gasteiger partial charge in [0.2, 0.25) is 0 Å². The Balaban J connectivity index is 2.29. The Morgan fingerprint density at radius 3 is 2.78 bits per heavy atom. The standard InChI is InChI=1S/C12H5BrClFN2O/c13-10-4-9(2-1-7(10)5-16)18-12-11(15)3-8(14)6-17-12/h1-4,6H. The predicted molar refractivity (Wildman–Crippen MR) is 68.1 cm³/mol. The molecule has 0 unspecified atom stereocenters. The molecule has 0 N–H and O–H groups in total. The highest BCUT2D eigenvalue weighted by Gasteiger charge is 2.08. The largest absolute Gasteiger partial charge is 0.436 e. The first-order valence-corrected chi connectivity index (χ1v) is 5.96. The zero-order valence-electron chi connectivity index (χ0n) is 8.82. The Morgan fingerprint density at radius 1 is 1.39 bits per heavy atom. The molecule has 90 valence electrons. The van der Waals surface area contributed by atoms with Crippen molar-refractivity contribution in [3.05, 3.63) is 51.3 Å². The second-order valence-corrected chi connectivity index (χ2v) is 4.59. The van der Waals surface area contributed by atoms with Gasteiger partial charge < -0.3 is 4.74 Å². The van der Waals surface area contributed by atoms with E-state index in [9.17, 15) is 4.39 Å². The van der Waals surface area contributed by atoms with Gasteiger partial charge in [-0.1, -0.05) is 11.6 Å². The smallest absolute Gasteiger partial charge is 0.255 e. The van der Waals surface area contributed by atoms with Crippen LogP contribution in [0.1, 0.15) is 5.56 Å². The molecule has 0 amide bonds. The van der Waals surface area contributed by atoms with E-state index in [1.807, 2.05) is 6.07 Å². The summed E-state index contributed by atoms with van der Waals surface area (Å²) in [6.45, 7) is 0. The molecule has 0 saturated heterocycles. The molecule has 0 bridgehead atoms. The molecule has 6 heteroatoms. The Labute approximate surface area is 116 Å². The lowest BCUT2D eigenvalue weighted by Gasteiger charge is -2.06. The van der Waals surface area contributed by atoms with Crippen molar-refractivity contribution in [1.82, 2.24) is 4.98 Å². The summed E-state index contributed by atoms with van der Waals surface area (Å²) in [4.78, 5) is 3.74. The number of nitriles is 1.